The molecule has 1 amide bonds. The molecule has 0 aliphatic carbocycles. The lowest BCUT2D eigenvalue weighted by Gasteiger charge is -2.05. The van der Waals surface area contributed by atoms with E-state index in [1.165, 1.54) is 30.5 Å². The molecule has 0 spiro atoms. The number of nitriles is 1. The van der Waals surface area contributed by atoms with Gasteiger partial charge >= 0.3 is 0 Å². The maximum atomic E-state index is 12.8. The van der Waals surface area contributed by atoms with Crippen LogP contribution in [0.15, 0.2) is 60.3 Å². The van der Waals surface area contributed by atoms with Gasteiger partial charge in [-0.2, -0.15) is 5.26 Å². The van der Waals surface area contributed by atoms with E-state index in [0.717, 1.165) is 5.56 Å². The highest BCUT2D eigenvalue weighted by Crippen LogP contribution is 2.11. The highest BCUT2D eigenvalue weighted by molar-refractivity contribution is 6.06. The van der Waals surface area contributed by atoms with Gasteiger partial charge in [-0.1, -0.05) is 17.7 Å². The molecule has 0 fully saturated rings. The van der Waals surface area contributed by atoms with Gasteiger partial charge in [0, 0.05) is 17.6 Å². The van der Waals surface area contributed by atoms with Crippen LogP contribution in [0.2, 0.25) is 0 Å². The Morgan fingerprint density at radius 2 is 1.68 bits per heavy atom. The predicted molar refractivity (Wildman–Crippen MR) is 83.5 cm³/mol. The molecular formula is C17H14FN3O. The fourth-order valence-corrected chi connectivity index (χ4v) is 1.69. The minimum atomic E-state index is -0.513. The molecule has 2 aromatic carbocycles. The molecule has 0 unspecified atom stereocenters. The normalized spacial score (nSPS) is 10.7. The minimum Gasteiger partial charge on any atom is -0.360 e. The lowest BCUT2D eigenvalue weighted by atomic mass is 10.2. The Bertz CT molecular complexity index is 728. The molecule has 0 saturated carbocycles. The van der Waals surface area contributed by atoms with Gasteiger partial charge in [0.15, 0.2) is 0 Å². The van der Waals surface area contributed by atoms with Crippen LogP contribution in [-0.2, 0) is 4.79 Å². The number of anilines is 2. The van der Waals surface area contributed by atoms with Gasteiger partial charge in [0.25, 0.3) is 5.91 Å². The smallest absolute Gasteiger partial charge is 0.267 e. The molecule has 0 bridgehead atoms. The van der Waals surface area contributed by atoms with E-state index >= 15 is 0 Å². The van der Waals surface area contributed by atoms with Crippen molar-refractivity contribution in [3.63, 3.8) is 0 Å². The van der Waals surface area contributed by atoms with Gasteiger partial charge in [-0.05, 0) is 43.3 Å². The minimum absolute atomic E-state index is 0.0788. The third kappa shape index (κ3) is 4.18. The molecule has 110 valence electrons. The molecule has 0 heterocycles. The van der Waals surface area contributed by atoms with E-state index in [1.807, 2.05) is 25.1 Å². The maximum Gasteiger partial charge on any atom is 0.267 e. The number of rotatable bonds is 4. The number of hydrogen-bond donors (Lipinski definition) is 2. The summed E-state index contributed by atoms with van der Waals surface area (Å²) in [5, 5.41) is 14.5. The quantitative estimate of drug-likeness (QED) is 0.669. The van der Waals surface area contributed by atoms with Crippen molar-refractivity contribution < 1.29 is 9.18 Å². The number of nitrogens with zero attached hydrogens (tertiary/aromatic N) is 1. The van der Waals surface area contributed by atoms with Gasteiger partial charge < -0.3 is 10.6 Å². The zero-order chi connectivity index (χ0) is 15.9. The lowest BCUT2D eigenvalue weighted by molar-refractivity contribution is -0.112. The Labute approximate surface area is 127 Å². The van der Waals surface area contributed by atoms with Gasteiger partial charge in [0.2, 0.25) is 0 Å². The molecule has 5 heteroatoms. The second-order valence-electron chi connectivity index (χ2n) is 4.64. The number of hydrogen-bond acceptors (Lipinski definition) is 3. The summed E-state index contributed by atoms with van der Waals surface area (Å²) in [5.41, 5.74) is 2.19. The van der Waals surface area contributed by atoms with E-state index in [0.29, 0.717) is 11.4 Å². The van der Waals surface area contributed by atoms with Crippen molar-refractivity contribution in [2.45, 2.75) is 6.92 Å². The molecule has 0 aliphatic rings. The summed E-state index contributed by atoms with van der Waals surface area (Å²) in [6, 6.07) is 14.7. The number of benzene rings is 2. The first-order valence-corrected chi connectivity index (χ1v) is 6.59. The molecule has 2 N–H and O–H groups in total. The van der Waals surface area contributed by atoms with Gasteiger partial charge in [-0.3, -0.25) is 4.79 Å². The van der Waals surface area contributed by atoms with Crippen LogP contribution in [0.25, 0.3) is 0 Å². The summed E-state index contributed by atoms with van der Waals surface area (Å²) >= 11 is 0. The second-order valence-corrected chi connectivity index (χ2v) is 4.64. The summed E-state index contributed by atoms with van der Waals surface area (Å²) in [6.07, 6.45) is 1.29. The van der Waals surface area contributed by atoms with E-state index in [2.05, 4.69) is 10.6 Å². The molecule has 0 aliphatic heterocycles. The van der Waals surface area contributed by atoms with Crippen molar-refractivity contribution in [1.82, 2.24) is 0 Å². The molecule has 0 aromatic heterocycles. The fourth-order valence-electron chi connectivity index (χ4n) is 1.69. The fraction of sp³-hybridized carbons (Fsp3) is 0.0588. The van der Waals surface area contributed by atoms with Crippen molar-refractivity contribution in [3.8, 4) is 6.07 Å². The van der Waals surface area contributed by atoms with E-state index < -0.39 is 5.91 Å². The van der Waals surface area contributed by atoms with Crippen LogP contribution in [0.4, 0.5) is 15.8 Å². The number of aryl methyl sites for hydroxylation is 1. The SMILES string of the molecule is Cc1ccc(NC(=O)/C(C#N)=C\Nc2ccc(F)cc2)cc1. The van der Waals surface area contributed by atoms with Crippen LogP contribution in [0.3, 0.4) is 0 Å². The first-order valence-electron chi connectivity index (χ1n) is 6.59. The standard InChI is InChI=1S/C17H14FN3O/c1-12-2-6-16(7-3-12)21-17(22)13(10-19)11-20-15-8-4-14(18)5-9-15/h2-9,11,20H,1H3,(H,21,22)/b13-11-. The molecule has 4 nitrogen and oxygen atoms in total. The topological polar surface area (TPSA) is 64.9 Å². The molecule has 0 atom stereocenters. The Hall–Kier alpha value is -3.13. The zero-order valence-electron chi connectivity index (χ0n) is 11.9. The predicted octanol–water partition coefficient (Wildman–Crippen LogP) is 3.59. The highest BCUT2D eigenvalue weighted by Gasteiger charge is 2.09. The average Bonchev–Trinajstić information content (AvgIpc) is 2.52. The van der Waals surface area contributed by atoms with Crippen molar-refractivity contribution in [3.05, 3.63) is 71.7 Å². The van der Waals surface area contributed by atoms with E-state index in [1.54, 1.807) is 12.1 Å². The van der Waals surface area contributed by atoms with E-state index in [4.69, 9.17) is 5.26 Å². The van der Waals surface area contributed by atoms with Gasteiger partial charge in [-0.15, -0.1) is 0 Å². The van der Waals surface area contributed by atoms with E-state index in [-0.39, 0.29) is 11.4 Å². The first-order chi connectivity index (χ1) is 10.6. The third-order valence-corrected chi connectivity index (χ3v) is 2.90. The molecule has 2 aromatic rings. The van der Waals surface area contributed by atoms with E-state index in [9.17, 15) is 9.18 Å². The Morgan fingerprint density at radius 3 is 2.27 bits per heavy atom. The van der Waals surface area contributed by atoms with Gasteiger partial charge in [0.1, 0.15) is 17.5 Å². The summed E-state index contributed by atoms with van der Waals surface area (Å²) < 4.78 is 12.8. The molecule has 0 radical (unpaired) electrons. The monoisotopic (exact) mass is 295 g/mol. The number of carbonyl (C=O) groups is 1. The van der Waals surface area contributed by atoms with Crippen molar-refractivity contribution in [1.29, 1.82) is 5.26 Å². The summed E-state index contributed by atoms with van der Waals surface area (Å²) in [6.45, 7) is 1.94. The number of nitrogens with one attached hydrogen (secondary N) is 2. The largest absolute Gasteiger partial charge is 0.360 e. The molecule has 2 rings (SSSR count). The molecule has 0 saturated heterocycles. The Balaban J connectivity index is 2.05. The summed E-state index contributed by atoms with van der Waals surface area (Å²) in [7, 11) is 0. The Kier molecular flexibility index (Phi) is 4.89. The zero-order valence-corrected chi connectivity index (χ0v) is 11.9. The second kappa shape index (κ2) is 7.04. The van der Waals surface area contributed by atoms with Crippen LogP contribution in [-0.4, -0.2) is 5.91 Å². The third-order valence-electron chi connectivity index (χ3n) is 2.90. The van der Waals surface area contributed by atoms with Crippen molar-refractivity contribution >= 4 is 17.3 Å². The highest BCUT2D eigenvalue weighted by atomic mass is 19.1. The van der Waals surface area contributed by atoms with Crippen LogP contribution in [0, 0.1) is 24.1 Å². The Morgan fingerprint density at radius 1 is 1.09 bits per heavy atom. The molecule has 22 heavy (non-hydrogen) atoms. The van der Waals surface area contributed by atoms with Gasteiger partial charge in [-0.25, -0.2) is 4.39 Å². The van der Waals surface area contributed by atoms with Crippen LogP contribution in [0.1, 0.15) is 5.56 Å². The lowest BCUT2D eigenvalue weighted by Crippen LogP contribution is -2.14. The number of amides is 1. The van der Waals surface area contributed by atoms with Crippen molar-refractivity contribution in [2.24, 2.45) is 0 Å². The summed E-state index contributed by atoms with van der Waals surface area (Å²) in [5.74, 6) is -0.867. The summed E-state index contributed by atoms with van der Waals surface area (Å²) in [4.78, 5) is 12.0. The van der Waals surface area contributed by atoms with Crippen LogP contribution < -0.4 is 10.6 Å². The number of halogens is 1. The van der Waals surface area contributed by atoms with Crippen LogP contribution >= 0.6 is 0 Å². The average molecular weight is 295 g/mol. The van der Waals surface area contributed by atoms with Crippen molar-refractivity contribution in [2.75, 3.05) is 10.6 Å². The molecular weight excluding hydrogens is 281 g/mol. The number of carbonyl (C=O) groups excluding carboxylic acids is 1. The van der Waals surface area contributed by atoms with Crippen LogP contribution in [0.5, 0.6) is 0 Å². The maximum absolute atomic E-state index is 12.8. The van der Waals surface area contributed by atoms with Gasteiger partial charge in [0.05, 0.1) is 0 Å². The first kappa shape index (κ1) is 15.3.